The van der Waals surface area contributed by atoms with Gasteiger partial charge in [-0.3, -0.25) is 4.79 Å². The molecule has 15 heavy (non-hydrogen) atoms. The highest BCUT2D eigenvalue weighted by Crippen LogP contribution is 2.27. The van der Waals surface area contributed by atoms with Crippen LogP contribution in [0.2, 0.25) is 5.02 Å². The topological polar surface area (TPSA) is 29.1 Å². The van der Waals surface area contributed by atoms with Crippen LogP contribution in [0, 0.1) is 0 Å². The fourth-order valence-corrected chi connectivity index (χ4v) is 1.86. The highest BCUT2D eigenvalue weighted by atomic mass is 35.5. The van der Waals surface area contributed by atoms with E-state index < -0.39 is 5.54 Å². The minimum atomic E-state index is -0.510. The van der Waals surface area contributed by atoms with E-state index in [0.717, 1.165) is 5.56 Å². The zero-order valence-corrected chi connectivity index (χ0v) is 10.2. The van der Waals surface area contributed by atoms with Gasteiger partial charge in [-0.25, -0.2) is 0 Å². The first-order chi connectivity index (χ1) is 6.97. The summed E-state index contributed by atoms with van der Waals surface area (Å²) in [5.41, 5.74) is 0.370. The van der Waals surface area contributed by atoms with E-state index in [1.54, 1.807) is 6.07 Å². The first-order valence-corrected chi connectivity index (χ1v) is 5.50. The molecule has 0 atom stereocenters. The number of hydrogen-bond donors (Lipinski definition) is 1. The summed E-state index contributed by atoms with van der Waals surface area (Å²) < 4.78 is 0. The van der Waals surface area contributed by atoms with Crippen LogP contribution in [-0.4, -0.2) is 11.8 Å². The minimum Gasteiger partial charge on any atom is -0.346 e. The highest BCUT2D eigenvalue weighted by molar-refractivity contribution is 6.31. The van der Waals surface area contributed by atoms with Crippen molar-refractivity contribution in [3.8, 4) is 0 Å². The molecule has 0 saturated heterocycles. The van der Waals surface area contributed by atoms with Gasteiger partial charge >= 0.3 is 0 Å². The third-order valence-corrected chi connectivity index (χ3v) is 2.69. The van der Waals surface area contributed by atoms with E-state index in [9.17, 15) is 4.79 Å². The largest absolute Gasteiger partial charge is 0.346 e. The summed E-state index contributed by atoms with van der Waals surface area (Å²) in [6.07, 6.45) is 0. The maximum Gasteiger partial charge on any atom is 0.235 e. The van der Waals surface area contributed by atoms with E-state index in [1.165, 1.54) is 0 Å². The average Bonchev–Trinajstić information content (AvgIpc) is 2.17. The first kappa shape index (κ1) is 12.3. The smallest absolute Gasteiger partial charge is 0.235 e. The van der Waals surface area contributed by atoms with Gasteiger partial charge in [0.1, 0.15) is 5.88 Å². The SMILES string of the molecule is CC(C)(NC(=O)CCl)c1ccccc1Cl. The molecule has 0 fully saturated rings. The van der Waals surface area contributed by atoms with Gasteiger partial charge < -0.3 is 5.32 Å². The van der Waals surface area contributed by atoms with Crippen molar-refractivity contribution >= 4 is 29.1 Å². The Bertz CT molecular complexity index is 363. The Morgan fingerprint density at radius 3 is 2.53 bits per heavy atom. The lowest BCUT2D eigenvalue weighted by Crippen LogP contribution is -2.41. The predicted octanol–water partition coefficient (Wildman–Crippen LogP) is 2.93. The van der Waals surface area contributed by atoms with Gasteiger partial charge in [0.15, 0.2) is 0 Å². The van der Waals surface area contributed by atoms with Crippen molar-refractivity contribution in [3.63, 3.8) is 0 Å². The number of carbonyl (C=O) groups excluding carboxylic acids is 1. The molecule has 1 rings (SSSR count). The number of rotatable bonds is 3. The van der Waals surface area contributed by atoms with Crippen LogP contribution < -0.4 is 5.32 Å². The quantitative estimate of drug-likeness (QED) is 0.816. The normalized spacial score (nSPS) is 11.2. The molecular weight excluding hydrogens is 233 g/mol. The van der Waals surface area contributed by atoms with Gasteiger partial charge in [0.05, 0.1) is 5.54 Å². The van der Waals surface area contributed by atoms with E-state index in [0.29, 0.717) is 5.02 Å². The first-order valence-electron chi connectivity index (χ1n) is 4.59. The number of carbonyl (C=O) groups is 1. The molecule has 0 aromatic heterocycles. The summed E-state index contributed by atoms with van der Waals surface area (Å²) in [4.78, 5) is 11.2. The summed E-state index contributed by atoms with van der Waals surface area (Å²) in [6.45, 7) is 3.78. The second-order valence-electron chi connectivity index (χ2n) is 3.79. The third-order valence-electron chi connectivity index (χ3n) is 2.12. The molecule has 0 aliphatic rings. The van der Waals surface area contributed by atoms with Crippen molar-refractivity contribution in [2.24, 2.45) is 0 Å². The lowest BCUT2D eigenvalue weighted by molar-refractivity contribution is -0.120. The monoisotopic (exact) mass is 245 g/mol. The summed E-state index contributed by atoms with van der Waals surface area (Å²) in [5.74, 6) is -0.255. The number of benzene rings is 1. The number of amides is 1. The van der Waals surface area contributed by atoms with Gasteiger partial charge in [0.2, 0.25) is 5.91 Å². The Balaban J connectivity index is 2.95. The lowest BCUT2D eigenvalue weighted by atomic mass is 9.94. The molecular formula is C11H13Cl2NO. The fourth-order valence-electron chi connectivity index (χ4n) is 1.42. The number of alkyl halides is 1. The van der Waals surface area contributed by atoms with Crippen LogP contribution >= 0.6 is 23.2 Å². The Labute approximate surface area is 99.6 Å². The van der Waals surface area contributed by atoms with Crippen LogP contribution in [0.15, 0.2) is 24.3 Å². The van der Waals surface area contributed by atoms with Crippen molar-refractivity contribution in [1.82, 2.24) is 5.32 Å². The summed E-state index contributed by atoms with van der Waals surface area (Å²) in [6, 6.07) is 7.42. The van der Waals surface area contributed by atoms with Gasteiger partial charge in [-0.1, -0.05) is 29.8 Å². The molecule has 0 aliphatic carbocycles. The summed E-state index contributed by atoms with van der Waals surface area (Å²) in [7, 11) is 0. The zero-order valence-electron chi connectivity index (χ0n) is 8.68. The van der Waals surface area contributed by atoms with Crippen molar-refractivity contribution in [2.75, 3.05) is 5.88 Å². The summed E-state index contributed by atoms with van der Waals surface area (Å²) >= 11 is 11.5. The lowest BCUT2D eigenvalue weighted by Gasteiger charge is -2.27. The molecule has 0 saturated carbocycles. The number of halogens is 2. The molecule has 82 valence electrons. The molecule has 0 radical (unpaired) electrons. The number of hydrogen-bond acceptors (Lipinski definition) is 1. The van der Waals surface area contributed by atoms with Crippen molar-refractivity contribution in [2.45, 2.75) is 19.4 Å². The number of nitrogens with one attached hydrogen (secondary N) is 1. The molecule has 0 spiro atoms. The molecule has 1 aromatic rings. The van der Waals surface area contributed by atoms with Gasteiger partial charge in [-0.05, 0) is 25.5 Å². The maximum atomic E-state index is 11.2. The molecule has 1 amide bonds. The maximum absolute atomic E-state index is 11.2. The molecule has 2 nitrogen and oxygen atoms in total. The van der Waals surface area contributed by atoms with Gasteiger partial charge in [0, 0.05) is 5.02 Å². The highest BCUT2D eigenvalue weighted by Gasteiger charge is 2.24. The van der Waals surface area contributed by atoms with Crippen LogP contribution in [0.3, 0.4) is 0 Å². The van der Waals surface area contributed by atoms with Gasteiger partial charge in [-0.2, -0.15) is 0 Å². The van der Waals surface area contributed by atoms with E-state index in [2.05, 4.69) is 5.32 Å². The molecule has 4 heteroatoms. The van der Waals surface area contributed by atoms with Crippen molar-refractivity contribution < 1.29 is 4.79 Å². The van der Waals surface area contributed by atoms with Gasteiger partial charge in [-0.15, -0.1) is 11.6 Å². The van der Waals surface area contributed by atoms with Crippen LogP contribution in [0.25, 0.3) is 0 Å². The zero-order chi connectivity index (χ0) is 11.5. The van der Waals surface area contributed by atoms with Crippen molar-refractivity contribution in [3.05, 3.63) is 34.9 Å². The average molecular weight is 246 g/mol. The third kappa shape index (κ3) is 3.11. The Hall–Kier alpha value is -0.730. The van der Waals surface area contributed by atoms with Gasteiger partial charge in [0.25, 0.3) is 0 Å². The molecule has 0 unspecified atom stereocenters. The van der Waals surface area contributed by atoms with Crippen LogP contribution in [0.4, 0.5) is 0 Å². The van der Waals surface area contributed by atoms with E-state index in [1.807, 2.05) is 32.0 Å². The summed E-state index contributed by atoms with van der Waals surface area (Å²) in [5, 5.41) is 3.44. The fraction of sp³-hybridized carbons (Fsp3) is 0.364. The van der Waals surface area contributed by atoms with Crippen molar-refractivity contribution in [1.29, 1.82) is 0 Å². The van der Waals surface area contributed by atoms with E-state index in [4.69, 9.17) is 23.2 Å². The van der Waals surface area contributed by atoms with E-state index in [-0.39, 0.29) is 11.8 Å². The second-order valence-corrected chi connectivity index (χ2v) is 4.46. The Morgan fingerprint density at radius 2 is 2.00 bits per heavy atom. The molecule has 0 aliphatic heterocycles. The standard InChI is InChI=1S/C11H13Cl2NO/c1-11(2,14-10(15)7-12)8-5-3-4-6-9(8)13/h3-6H,7H2,1-2H3,(H,14,15). The van der Waals surface area contributed by atoms with Crippen LogP contribution in [0.5, 0.6) is 0 Å². The molecule has 1 aromatic carbocycles. The minimum absolute atomic E-state index is 0.0477. The van der Waals surface area contributed by atoms with Crippen LogP contribution in [0.1, 0.15) is 19.4 Å². The van der Waals surface area contributed by atoms with E-state index >= 15 is 0 Å². The Kier molecular flexibility index (Phi) is 4.00. The molecule has 0 heterocycles. The predicted molar refractivity (Wildman–Crippen MR) is 63.3 cm³/mol. The second kappa shape index (κ2) is 4.86. The Morgan fingerprint density at radius 1 is 1.40 bits per heavy atom. The molecule has 0 bridgehead atoms. The molecule has 1 N–H and O–H groups in total. The van der Waals surface area contributed by atoms with Crippen LogP contribution in [-0.2, 0) is 10.3 Å².